The van der Waals surface area contributed by atoms with Crippen molar-refractivity contribution in [2.75, 3.05) is 0 Å². The van der Waals surface area contributed by atoms with Crippen LogP contribution < -0.4 is 16.2 Å². The van der Waals surface area contributed by atoms with Gasteiger partial charge in [-0.2, -0.15) is 0 Å². The molecule has 3 nitrogen and oxygen atoms in total. The Morgan fingerprint density at radius 3 is 2.83 bits per heavy atom. The van der Waals surface area contributed by atoms with Gasteiger partial charge in [-0.1, -0.05) is 12.1 Å². The van der Waals surface area contributed by atoms with E-state index in [1.165, 1.54) is 0 Å². The van der Waals surface area contributed by atoms with Gasteiger partial charge in [-0.15, -0.1) is 0 Å². The fourth-order valence-electron chi connectivity index (χ4n) is 0.852. The van der Waals surface area contributed by atoms with Crippen molar-refractivity contribution in [3.05, 3.63) is 29.8 Å². The summed E-state index contributed by atoms with van der Waals surface area (Å²) < 4.78 is 5.01. The highest BCUT2D eigenvalue weighted by Crippen LogP contribution is 2.12. The minimum Gasteiger partial charge on any atom is -0.432 e. The zero-order valence-corrected chi connectivity index (χ0v) is 7.30. The van der Waals surface area contributed by atoms with Crippen LogP contribution >= 0.6 is 12.2 Å². The average Bonchev–Trinajstić information content (AvgIpc) is 2.03. The first-order valence-corrected chi connectivity index (χ1v) is 3.89. The second kappa shape index (κ2) is 4.04. The third-order valence-electron chi connectivity index (χ3n) is 1.35. The lowest BCUT2D eigenvalue weighted by atomic mass is 10.2. The van der Waals surface area contributed by atoms with Gasteiger partial charge in [0.05, 0.1) is 0 Å². The molecule has 0 radical (unpaired) electrons. The molecule has 0 saturated heterocycles. The van der Waals surface area contributed by atoms with Gasteiger partial charge < -0.3 is 16.2 Å². The van der Waals surface area contributed by atoms with E-state index in [1.54, 1.807) is 12.1 Å². The minimum atomic E-state index is 0.0178. The Balaban J connectivity index is 2.79. The van der Waals surface area contributed by atoms with Crippen molar-refractivity contribution in [1.82, 2.24) is 0 Å². The number of ether oxygens (including phenoxy) is 1. The van der Waals surface area contributed by atoms with Crippen molar-refractivity contribution in [3.63, 3.8) is 0 Å². The highest BCUT2D eigenvalue weighted by atomic mass is 32.1. The van der Waals surface area contributed by atoms with Crippen LogP contribution in [-0.4, -0.2) is 5.17 Å². The lowest BCUT2D eigenvalue weighted by Gasteiger charge is -2.03. The Morgan fingerprint density at radius 1 is 1.50 bits per heavy atom. The van der Waals surface area contributed by atoms with Crippen LogP contribution in [0, 0.1) is 0 Å². The fourth-order valence-corrected chi connectivity index (χ4v) is 0.948. The highest BCUT2D eigenvalue weighted by Gasteiger charge is 1.95. The van der Waals surface area contributed by atoms with Gasteiger partial charge >= 0.3 is 0 Å². The van der Waals surface area contributed by atoms with Crippen molar-refractivity contribution in [2.24, 2.45) is 11.5 Å². The number of benzene rings is 1. The molecule has 0 aliphatic rings. The third kappa shape index (κ3) is 2.48. The number of rotatable bonds is 2. The predicted octanol–water partition coefficient (Wildman–Crippen LogP) is 0.768. The van der Waals surface area contributed by atoms with Gasteiger partial charge in [0.15, 0.2) is 0 Å². The summed E-state index contributed by atoms with van der Waals surface area (Å²) in [6.07, 6.45) is 0. The molecule has 1 aromatic rings. The van der Waals surface area contributed by atoms with Crippen LogP contribution in [0.15, 0.2) is 24.3 Å². The van der Waals surface area contributed by atoms with Gasteiger partial charge in [-0.25, -0.2) is 0 Å². The van der Waals surface area contributed by atoms with Crippen molar-refractivity contribution < 1.29 is 4.74 Å². The molecule has 0 spiro atoms. The molecule has 1 rings (SSSR count). The van der Waals surface area contributed by atoms with E-state index < -0.39 is 0 Å². The maximum absolute atomic E-state index is 5.43. The Bertz CT molecular complexity index is 288. The SMILES string of the molecule is NCc1cccc(OC(N)=S)c1. The maximum atomic E-state index is 5.43. The van der Waals surface area contributed by atoms with Crippen LogP contribution in [0.4, 0.5) is 0 Å². The predicted molar refractivity (Wildman–Crippen MR) is 51.7 cm³/mol. The highest BCUT2D eigenvalue weighted by molar-refractivity contribution is 7.80. The average molecular weight is 182 g/mol. The quantitative estimate of drug-likeness (QED) is 0.663. The molecule has 1 aromatic carbocycles. The van der Waals surface area contributed by atoms with Crippen LogP contribution in [0.5, 0.6) is 5.75 Å². The van der Waals surface area contributed by atoms with E-state index in [1.807, 2.05) is 12.1 Å². The first-order valence-electron chi connectivity index (χ1n) is 3.48. The van der Waals surface area contributed by atoms with Crippen molar-refractivity contribution in [3.8, 4) is 5.75 Å². The largest absolute Gasteiger partial charge is 0.432 e. The molecule has 0 atom stereocenters. The molecular weight excluding hydrogens is 172 g/mol. The van der Waals surface area contributed by atoms with E-state index in [-0.39, 0.29) is 5.17 Å². The summed E-state index contributed by atoms with van der Waals surface area (Å²) in [6.45, 7) is 0.481. The molecule has 0 bridgehead atoms. The lowest BCUT2D eigenvalue weighted by molar-refractivity contribution is 0.556. The Morgan fingerprint density at radius 2 is 2.25 bits per heavy atom. The van der Waals surface area contributed by atoms with Crippen molar-refractivity contribution in [2.45, 2.75) is 6.54 Å². The van der Waals surface area contributed by atoms with Gasteiger partial charge in [-0.05, 0) is 29.9 Å². The molecule has 0 amide bonds. The zero-order valence-electron chi connectivity index (χ0n) is 6.49. The Hall–Kier alpha value is -1.13. The van der Waals surface area contributed by atoms with E-state index >= 15 is 0 Å². The number of nitrogens with two attached hydrogens (primary N) is 2. The molecule has 12 heavy (non-hydrogen) atoms. The molecule has 0 aromatic heterocycles. The van der Waals surface area contributed by atoms with Gasteiger partial charge in [0.2, 0.25) is 0 Å². The zero-order chi connectivity index (χ0) is 8.97. The van der Waals surface area contributed by atoms with Crippen LogP contribution in [0.2, 0.25) is 0 Å². The normalized spacial score (nSPS) is 9.42. The fraction of sp³-hybridized carbons (Fsp3) is 0.125. The Kier molecular flexibility index (Phi) is 3.01. The summed E-state index contributed by atoms with van der Waals surface area (Å²) in [5.74, 6) is 0.630. The Labute approximate surface area is 76.3 Å². The molecule has 4 heteroatoms. The second-order valence-corrected chi connectivity index (χ2v) is 2.67. The van der Waals surface area contributed by atoms with E-state index in [9.17, 15) is 0 Å². The van der Waals surface area contributed by atoms with Crippen molar-refractivity contribution in [1.29, 1.82) is 0 Å². The summed E-state index contributed by atoms with van der Waals surface area (Å²) in [5, 5.41) is 0.0178. The molecule has 0 saturated carbocycles. The second-order valence-electron chi connectivity index (χ2n) is 2.27. The summed E-state index contributed by atoms with van der Waals surface area (Å²) in [6, 6.07) is 7.33. The van der Waals surface area contributed by atoms with Crippen LogP contribution in [0.1, 0.15) is 5.56 Å². The summed E-state index contributed by atoms with van der Waals surface area (Å²) >= 11 is 4.58. The number of hydrogen-bond donors (Lipinski definition) is 2. The first-order chi connectivity index (χ1) is 5.72. The monoisotopic (exact) mass is 182 g/mol. The molecule has 0 unspecified atom stereocenters. The van der Waals surface area contributed by atoms with Crippen LogP contribution in [-0.2, 0) is 6.54 Å². The minimum absolute atomic E-state index is 0.0178. The van der Waals surface area contributed by atoms with E-state index in [4.69, 9.17) is 16.2 Å². The van der Waals surface area contributed by atoms with Gasteiger partial charge in [0.1, 0.15) is 5.75 Å². The topological polar surface area (TPSA) is 61.3 Å². The molecule has 0 aliphatic carbocycles. The summed E-state index contributed by atoms with van der Waals surface area (Å²) in [4.78, 5) is 0. The molecule has 0 fully saturated rings. The van der Waals surface area contributed by atoms with Crippen molar-refractivity contribution >= 4 is 17.4 Å². The molecular formula is C8H10N2OS. The van der Waals surface area contributed by atoms with E-state index in [0.29, 0.717) is 12.3 Å². The van der Waals surface area contributed by atoms with Crippen LogP contribution in [0.3, 0.4) is 0 Å². The lowest BCUT2D eigenvalue weighted by Crippen LogP contribution is -2.15. The summed E-state index contributed by atoms with van der Waals surface area (Å²) in [5.41, 5.74) is 11.6. The summed E-state index contributed by atoms with van der Waals surface area (Å²) in [7, 11) is 0. The third-order valence-corrected chi connectivity index (χ3v) is 1.44. The molecule has 0 aliphatic heterocycles. The van der Waals surface area contributed by atoms with Crippen LogP contribution in [0.25, 0.3) is 0 Å². The van der Waals surface area contributed by atoms with Gasteiger partial charge in [0.25, 0.3) is 5.17 Å². The molecule has 4 N–H and O–H groups in total. The standard InChI is InChI=1S/C8H10N2OS/c9-5-6-2-1-3-7(4-6)11-8(10)12/h1-4H,5,9H2,(H2,10,12). The van der Waals surface area contributed by atoms with Gasteiger partial charge in [-0.3, -0.25) is 0 Å². The maximum Gasteiger partial charge on any atom is 0.259 e. The van der Waals surface area contributed by atoms with E-state index in [2.05, 4.69) is 12.2 Å². The van der Waals surface area contributed by atoms with Gasteiger partial charge in [0, 0.05) is 6.54 Å². The van der Waals surface area contributed by atoms with E-state index in [0.717, 1.165) is 5.56 Å². The first kappa shape index (κ1) is 8.96. The molecule has 0 heterocycles. The molecule has 64 valence electrons. The number of thiocarbonyl (C=S) groups is 1. The number of hydrogen-bond acceptors (Lipinski definition) is 3. The smallest absolute Gasteiger partial charge is 0.259 e.